The van der Waals surface area contributed by atoms with Gasteiger partial charge < -0.3 is 19.2 Å². The lowest BCUT2D eigenvalue weighted by atomic mass is 10.1. The van der Waals surface area contributed by atoms with Crippen LogP contribution in [0.3, 0.4) is 0 Å². The molecule has 36 heavy (non-hydrogen) atoms. The number of amides is 1. The average Bonchev–Trinajstić information content (AvgIpc) is 3.57. The molecule has 1 N–H and O–H groups in total. The number of aryl methyl sites for hydroxylation is 1. The van der Waals surface area contributed by atoms with Gasteiger partial charge in [-0.25, -0.2) is 0 Å². The van der Waals surface area contributed by atoms with Crippen LogP contribution in [0.2, 0.25) is 0 Å². The SMILES string of the molecule is COc1ccc(CCNC(=O)CCCSc2nnc(-c3ccco3)n2-c2ccc(C)cc2)cc1OC. The number of rotatable bonds is 12. The molecule has 0 spiro atoms. The topological polar surface area (TPSA) is 91.4 Å². The van der Waals surface area contributed by atoms with Gasteiger partial charge in [0.15, 0.2) is 22.4 Å². The molecule has 0 bridgehead atoms. The summed E-state index contributed by atoms with van der Waals surface area (Å²) in [7, 11) is 3.23. The van der Waals surface area contributed by atoms with Crippen LogP contribution in [0.5, 0.6) is 11.5 Å². The molecule has 0 saturated carbocycles. The molecule has 0 aliphatic rings. The highest BCUT2D eigenvalue weighted by Gasteiger charge is 2.18. The maximum atomic E-state index is 12.3. The smallest absolute Gasteiger partial charge is 0.220 e. The molecule has 188 valence electrons. The van der Waals surface area contributed by atoms with Gasteiger partial charge in [-0.05, 0) is 61.7 Å². The molecule has 1 amide bonds. The summed E-state index contributed by atoms with van der Waals surface area (Å²) in [5, 5.41) is 12.5. The highest BCUT2D eigenvalue weighted by atomic mass is 32.2. The number of ether oxygens (including phenoxy) is 2. The van der Waals surface area contributed by atoms with Crippen molar-refractivity contribution in [3.63, 3.8) is 0 Å². The zero-order chi connectivity index (χ0) is 25.3. The maximum absolute atomic E-state index is 12.3. The first kappa shape index (κ1) is 25.4. The lowest BCUT2D eigenvalue weighted by molar-refractivity contribution is -0.121. The van der Waals surface area contributed by atoms with Gasteiger partial charge in [0, 0.05) is 24.4 Å². The van der Waals surface area contributed by atoms with Crippen LogP contribution >= 0.6 is 11.8 Å². The van der Waals surface area contributed by atoms with E-state index in [1.54, 1.807) is 32.2 Å². The number of hydrogen-bond donors (Lipinski definition) is 1. The highest BCUT2D eigenvalue weighted by molar-refractivity contribution is 7.99. The molecule has 9 heteroatoms. The maximum Gasteiger partial charge on any atom is 0.220 e. The zero-order valence-corrected chi connectivity index (χ0v) is 21.5. The minimum Gasteiger partial charge on any atom is -0.493 e. The van der Waals surface area contributed by atoms with Crippen LogP contribution < -0.4 is 14.8 Å². The van der Waals surface area contributed by atoms with Crippen LogP contribution in [0.1, 0.15) is 24.0 Å². The van der Waals surface area contributed by atoms with Crippen LogP contribution in [0.25, 0.3) is 17.3 Å². The van der Waals surface area contributed by atoms with E-state index in [-0.39, 0.29) is 5.91 Å². The van der Waals surface area contributed by atoms with E-state index >= 15 is 0 Å². The fraction of sp³-hybridized carbons (Fsp3) is 0.296. The van der Waals surface area contributed by atoms with Gasteiger partial charge in [-0.3, -0.25) is 9.36 Å². The number of hydrogen-bond acceptors (Lipinski definition) is 7. The molecule has 4 aromatic rings. The Morgan fingerprint density at radius 1 is 1.06 bits per heavy atom. The summed E-state index contributed by atoms with van der Waals surface area (Å²) in [4.78, 5) is 12.3. The van der Waals surface area contributed by atoms with Crippen molar-refractivity contribution >= 4 is 17.7 Å². The zero-order valence-electron chi connectivity index (χ0n) is 20.7. The van der Waals surface area contributed by atoms with Gasteiger partial charge in [-0.1, -0.05) is 35.5 Å². The Hall–Kier alpha value is -3.72. The molecule has 0 unspecified atom stereocenters. The molecule has 0 fully saturated rings. The fourth-order valence-electron chi connectivity index (χ4n) is 3.72. The molecule has 0 aliphatic heterocycles. The molecule has 0 atom stereocenters. The molecule has 2 heterocycles. The summed E-state index contributed by atoms with van der Waals surface area (Å²) in [5.74, 6) is 3.46. The predicted molar refractivity (Wildman–Crippen MR) is 140 cm³/mol. The minimum absolute atomic E-state index is 0.0346. The first-order valence-electron chi connectivity index (χ1n) is 11.8. The minimum atomic E-state index is 0.0346. The number of thioether (sulfide) groups is 1. The van der Waals surface area contributed by atoms with Crippen molar-refractivity contribution in [2.75, 3.05) is 26.5 Å². The van der Waals surface area contributed by atoms with E-state index in [2.05, 4.69) is 34.6 Å². The van der Waals surface area contributed by atoms with E-state index in [1.807, 2.05) is 47.0 Å². The summed E-state index contributed by atoms with van der Waals surface area (Å²) in [6.07, 6.45) is 3.52. The molecular formula is C27H30N4O4S. The summed E-state index contributed by atoms with van der Waals surface area (Å²) in [6.45, 7) is 2.62. The fourth-order valence-corrected chi connectivity index (χ4v) is 4.61. The summed E-state index contributed by atoms with van der Waals surface area (Å²) >= 11 is 1.58. The first-order valence-corrected chi connectivity index (χ1v) is 12.7. The van der Waals surface area contributed by atoms with Crippen LogP contribution in [0, 0.1) is 6.92 Å². The summed E-state index contributed by atoms with van der Waals surface area (Å²) < 4.78 is 18.2. The number of benzene rings is 2. The van der Waals surface area contributed by atoms with Crippen molar-refractivity contribution in [1.29, 1.82) is 0 Å². The molecular weight excluding hydrogens is 476 g/mol. The summed E-state index contributed by atoms with van der Waals surface area (Å²) in [6, 6.07) is 17.7. The standard InChI is InChI=1S/C27H30N4O4S/c1-19-8-11-21(12-9-19)31-26(23-6-4-16-35-23)29-30-27(31)36-17-5-7-25(32)28-15-14-20-10-13-22(33-2)24(18-20)34-3/h4,6,8-13,16,18H,5,7,14-15,17H2,1-3H3,(H,28,32). The van der Waals surface area contributed by atoms with E-state index in [0.29, 0.717) is 36.0 Å². The van der Waals surface area contributed by atoms with E-state index in [4.69, 9.17) is 13.9 Å². The number of aromatic nitrogens is 3. The van der Waals surface area contributed by atoms with E-state index in [9.17, 15) is 4.79 Å². The Balaban J connectivity index is 1.28. The first-order chi connectivity index (χ1) is 17.6. The van der Waals surface area contributed by atoms with E-state index in [0.717, 1.165) is 35.0 Å². The Bertz CT molecular complexity index is 1270. The number of carbonyl (C=O) groups excluding carboxylic acids is 1. The second kappa shape index (κ2) is 12.3. The second-order valence-electron chi connectivity index (χ2n) is 8.20. The quantitative estimate of drug-likeness (QED) is 0.212. The molecule has 0 aliphatic carbocycles. The van der Waals surface area contributed by atoms with Gasteiger partial charge in [-0.15, -0.1) is 10.2 Å². The third-order valence-corrected chi connectivity index (χ3v) is 6.65. The monoisotopic (exact) mass is 506 g/mol. The largest absolute Gasteiger partial charge is 0.493 e. The molecule has 8 nitrogen and oxygen atoms in total. The average molecular weight is 507 g/mol. The van der Waals surface area contributed by atoms with Crippen molar-refractivity contribution in [2.45, 2.75) is 31.3 Å². The van der Waals surface area contributed by atoms with E-state index in [1.165, 1.54) is 5.56 Å². The second-order valence-corrected chi connectivity index (χ2v) is 9.26. The normalized spacial score (nSPS) is 10.9. The van der Waals surface area contributed by atoms with Crippen LogP contribution in [0.4, 0.5) is 0 Å². The Kier molecular flexibility index (Phi) is 8.67. The number of methoxy groups -OCH3 is 2. The van der Waals surface area contributed by atoms with Gasteiger partial charge in [0.05, 0.1) is 20.5 Å². The van der Waals surface area contributed by atoms with Crippen LogP contribution in [-0.2, 0) is 11.2 Å². The molecule has 2 aromatic heterocycles. The van der Waals surface area contributed by atoms with Crippen molar-refractivity contribution in [1.82, 2.24) is 20.1 Å². The lowest BCUT2D eigenvalue weighted by Gasteiger charge is -2.10. The number of furan rings is 1. The van der Waals surface area contributed by atoms with Gasteiger partial charge in [0.2, 0.25) is 11.7 Å². The van der Waals surface area contributed by atoms with Crippen LogP contribution in [0.15, 0.2) is 70.4 Å². The Morgan fingerprint density at radius 2 is 1.86 bits per heavy atom. The van der Waals surface area contributed by atoms with Gasteiger partial charge in [0.1, 0.15) is 0 Å². The number of carbonyl (C=O) groups is 1. The lowest BCUT2D eigenvalue weighted by Crippen LogP contribution is -2.25. The van der Waals surface area contributed by atoms with Crippen molar-refractivity contribution in [3.8, 4) is 28.8 Å². The third-order valence-electron chi connectivity index (χ3n) is 5.63. The van der Waals surface area contributed by atoms with Gasteiger partial charge in [0.25, 0.3) is 0 Å². The molecule has 4 rings (SSSR count). The van der Waals surface area contributed by atoms with Crippen molar-refractivity contribution in [2.24, 2.45) is 0 Å². The predicted octanol–water partition coefficient (Wildman–Crippen LogP) is 5.08. The number of nitrogens with one attached hydrogen (secondary N) is 1. The Morgan fingerprint density at radius 3 is 2.58 bits per heavy atom. The molecule has 0 radical (unpaired) electrons. The van der Waals surface area contributed by atoms with Crippen LogP contribution in [-0.4, -0.2) is 47.2 Å². The van der Waals surface area contributed by atoms with E-state index < -0.39 is 0 Å². The third kappa shape index (κ3) is 6.28. The van der Waals surface area contributed by atoms with Crippen molar-refractivity contribution in [3.05, 3.63) is 72.0 Å². The molecule has 2 aromatic carbocycles. The molecule has 0 saturated heterocycles. The summed E-state index contributed by atoms with van der Waals surface area (Å²) in [5.41, 5.74) is 3.22. The van der Waals surface area contributed by atoms with Crippen molar-refractivity contribution < 1.29 is 18.7 Å². The van der Waals surface area contributed by atoms with Gasteiger partial charge >= 0.3 is 0 Å². The Labute approximate surface area is 215 Å². The highest BCUT2D eigenvalue weighted by Crippen LogP contribution is 2.29. The number of nitrogens with zero attached hydrogens (tertiary/aromatic N) is 3. The van der Waals surface area contributed by atoms with Gasteiger partial charge in [-0.2, -0.15) is 0 Å².